The Morgan fingerprint density at radius 2 is 1.43 bits per heavy atom. The maximum absolute atomic E-state index is 5.30. The van der Waals surface area contributed by atoms with E-state index in [0.29, 0.717) is 11.8 Å². The summed E-state index contributed by atoms with van der Waals surface area (Å²) in [6, 6.07) is 0. The largest absolute Gasteiger partial charge is 0.197 e. The average molecular weight is 141 g/mol. The van der Waals surface area contributed by atoms with E-state index in [4.69, 9.17) is 23.2 Å². The quantitative estimate of drug-likeness (QED) is 0.410. The Balaban J connectivity index is 2.45. The SMILES string of the molecule is ClCC[N+]CCCl. The average Bonchev–Trinajstić information content (AvgIpc) is 1.69. The van der Waals surface area contributed by atoms with Crippen LogP contribution in [0.3, 0.4) is 0 Å². The first-order chi connectivity index (χ1) is 3.41. The maximum atomic E-state index is 5.30. The number of halogens is 2. The van der Waals surface area contributed by atoms with Crippen molar-refractivity contribution in [3.63, 3.8) is 0 Å². The zero-order chi connectivity index (χ0) is 5.54. The molecule has 42 valence electrons. The lowest BCUT2D eigenvalue weighted by Gasteiger charge is -1.74. The van der Waals surface area contributed by atoms with Crippen molar-refractivity contribution in [1.29, 1.82) is 0 Å². The van der Waals surface area contributed by atoms with Crippen molar-refractivity contribution in [2.75, 3.05) is 24.8 Å². The number of hydrogen-bond donors (Lipinski definition) is 0. The molecule has 0 saturated heterocycles. The molecule has 0 atom stereocenters. The first kappa shape index (κ1) is 7.54. The molecule has 0 aromatic carbocycles. The van der Waals surface area contributed by atoms with Gasteiger partial charge in [-0.2, -0.15) is 0 Å². The third kappa shape index (κ3) is 6.54. The van der Waals surface area contributed by atoms with E-state index >= 15 is 0 Å². The van der Waals surface area contributed by atoms with E-state index in [1.807, 2.05) is 0 Å². The van der Waals surface area contributed by atoms with E-state index in [9.17, 15) is 0 Å². The van der Waals surface area contributed by atoms with Gasteiger partial charge in [0.15, 0.2) is 13.1 Å². The van der Waals surface area contributed by atoms with Crippen LogP contribution in [-0.2, 0) is 0 Å². The minimum Gasteiger partial charge on any atom is -0.120 e. The molecule has 0 fully saturated rings. The second-order valence-electron chi connectivity index (χ2n) is 1.05. The highest BCUT2D eigenvalue weighted by Gasteiger charge is 1.97. The van der Waals surface area contributed by atoms with Gasteiger partial charge in [-0.25, -0.2) is 0 Å². The van der Waals surface area contributed by atoms with Crippen LogP contribution in [0.1, 0.15) is 0 Å². The molecule has 0 saturated carbocycles. The van der Waals surface area contributed by atoms with Crippen molar-refractivity contribution < 1.29 is 0 Å². The van der Waals surface area contributed by atoms with Crippen LogP contribution in [0.15, 0.2) is 0 Å². The summed E-state index contributed by atoms with van der Waals surface area (Å²) in [7, 11) is 0. The van der Waals surface area contributed by atoms with Gasteiger partial charge in [-0.3, -0.25) is 0 Å². The first-order valence-corrected chi connectivity index (χ1v) is 3.24. The number of rotatable bonds is 4. The summed E-state index contributed by atoms with van der Waals surface area (Å²) < 4.78 is 0. The van der Waals surface area contributed by atoms with Crippen molar-refractivity contribution >= 4 is 23.2 Å². The van der Waals surface area contributed by atoms with Crippen LogP contribution in [0.25, 0.3) is 0 Å². The lowest BCUT2D eigenvalue weighted by molar-refractivity contribution is 0.753. The Kier molecular flexibility index (Phi) is 7.04. The molecule has 0 spiro atoms. The fraction of sp³-hybridized carbons (Fsp3) is 1.00. The molecule has 1 nitrogen and oxygen atoms in total. The summed E-state index contributed by atoms with van der Waals surface area (Å²) in [6.45, 7) is 1.46. The molecule has 0 amide bonds. The molecule has 0 N–H and O–H groups in total. The third-order valence-corrected chi connectivity index (χ3v) is 0.823. The van der Waals surface area contributed by atoms with Gasteiger partial charge in [0, 0.05) is 0 Å². The molecule has 0 rings (SSSR count). The zero-order valence-electron chi connectivity index (χ0n) is 4.03. The minimum absolute atomic E-state index is 0.608. The Morgan fingerprint density at radius 1 is 1.00 bits per heavy atom. The van der Waals surface area contributed by atoms with Crippen LogP contribution in [0, 0.1) is 0 Å². The lowest BCUT2D eigenvalue weighted by atomic mass is 10.7. The smallest absolute Gasteiger partial charge is 0.120 e. The summed E-state index contributed by atoms with van der Waals surface area (Å²) in [6.07, 6.45) is 0. The molecule has 0 aliphatic rings. The normalized spacial score (nSPS) is 9.43. The number of alkyl halides is 2. The molecule has 2 radical (unpaired) electrons. The number of nitrogens with zero attached hydrogens (tertiary/aromatic N) is 1. The van der Waals surface area contributed by atoms with Gasteiger partial charge in [0.05, 0.1) is 17.1 Å². The highest BCUT2D eigenvalue weighted by atomic mass is 35.5. The fourth-order valence-corrected chi connectivity index (χ4v) is 0.470. The van der Waals surface area contributed by atoms with Crippen LogP contribution >= 0.6 is 23.2 Å². The van der Waals surface area contributed by atoms with Crippen LogP contribution < -0.4 is 5.32 Å². The maximum Gasteiger partial charge on any atom is 0.197 e. The number of hydrogen-bond acceptors (Lipinski definition) is 0. The molecular formula is C4H8Cl2N+. The van der Waals surface area contributed by atoms with E-state index in [1.165, 1.54) is 0 Å². The van der Waals surface area contributed by atoms with E-state index in [2.05, 4.69) is 5.32 Å². The molecule has 3 heteroatoms. The highest BCUT2D eigenvalue weighted by molar-refractivity contribution is 6.18. The molecule has 7 heavy (non-hydrogen) atoms. The van der Waals surface area contributed by atoms with E-state index in [0.717, 1.165) is 13.1 Å². The topological polar surface area (TPSA) is 14.1 Å². The Hall–Kier alpha value is 0.540. The van der Waals surface area contributed by atoms with E-state index < -0.39 is 0 Å². The first-order valence-electron chi connectivity index (χ1n) is 2.17. The van der Waals surface area contributed by atoms with Crippen molar-refractivity contribution in [3.05, 3.63) is 0 Å². The third-order valence-electron chi connectivity index (χ3n) is 0.485. The molecule has 0 heterocycles. The van der Waals surface area contributed by atoms with Crippen LogP contribution in [-0.4, -0.2) is 24.8 Å². The van der Waals surface area contributed by atoms with Gasteiger partial charge in [0.25, 0.3) is 0 Å². The van der Waals surface area contributed by atoms with Gasteiger partial charge in [-0.05, 0) is 0 Å². The summed E-state index contributed by atoms with van der Waals surface area (Å²) in [4.78, 5) is 0. The standard InChI is InChI=1S/C4H8Cl2N/c5-1-3-7-4-2-6/h1-4H2/q+1. The molecular weight excluding hydrogens is 133 g/mol. The summed E-state index contributed by atoms with van der Waals surface area (Å²) in [5, 5.41) is 3.94. The molecule has 0 bridgehead atoms. The minimum atomic E-state index is 0.608. The van der Waals surface area contributed by atoms with Crippen molar-refractivity contribution in [2.45, 2.75) is 0 Å². The summed E-state index contributed by atoms with van der Waals surface area (Å²) >= 11 is 10.6. The molecule has 0 aromatic rings. The van der Waals surface area contributed by atoms with Crippen molar-refractivity contribution in [2.24, 2.45) is 0 Å². The second-order valence-corrected chi connectivity index (χ2v) is 1.80. The monoisotopic (exact) mass is 140 g/mol. The zero-order valence-corrected chi connectivity index (χ0v) is 5.54. The predicted octanol–water partition coefficient (Wildman–Crippen LogP) is 1.07. The summed E-state index contributed by atoms with van der Waals surface area (Å²) in [5.41, 5.74) is 0. The van der Waals surface area contributed by atoms with Crippen LogP contribution in [0.2, 0.25) is 0 Å². The highest BCUT2D eigenvalue weighted by Crippen LogP contribution is 1.73. The van der Waals surface area contributed by atoms with Crippen LogP contribution in [0.5, 0.6) is 0 Å². The van der Waals surface area contributed by atoms with E-state index in [-0.39, 0.29) is 0 Å². The van der Waals surface area contributed by atoms with Crippen molar-refractivity contribution in [3.8, 4) is 0 Å². The van der Waals surface area contributed by atoms with Gasteiger partial charge >= 0.3 is 0 Å². The van der Waals surface area contributed by atoms with Crippen LogP contribution in [0.4, 0.5) is 0 Å². The van der Waals surface area contributed by atoms with Gasteiger partial charge < -0.3 is 0 Å². The Labute approximate surface area is 54.0 Å². The van der Waals surface area contributed by atoms with Gasteiger partial charge in [0.2, 0.25) is 0 Å². The summed E-state index contributed by atoms with van der Waals surface area (Å²) in [5.74, 6) is 1.22. The Bertz CT molecular complexity index is 28.9. The van der Waals surface area contributed by atoms with E-state index in [1.54, 1.807) is 0 Å². The molecule has 0 aliphatic carbocycles. The van der Waals surface area contributed by atoms with Gasteiger partial charge in [-0.15, -0.1) is 23.2 Å². The van der Waals surface area contributed by atoms with Crippen molar-refractivity contribution in [1.82, 2.24) is 5.32 Å². The van der Waals surface area contributed by atoms with Gasteiger partial charge in [-0.1, -0.05) is 0 Å². The molecule has 0 aromatic heterocycles. The predicted molar refractivity (Wildman–Crippen MR) is 33.3 cm³/mol. The second kappa shape index (κ2) is 6.54. The fourth-order valence-electron chi connectivity index (χ4n) is 0.231. The lowest BCUT2D eigenvalue weighted by Crippen LogP contribution is -2.09. The van der Waals surface area contributed by atoms with Gasteiger partial charge in [0.1, 0.15) is 0 Å². The Morgan fingerprint density at radius 3 is 1.71 bits per heavy atom. The molecule has 0 unspecified atom stereocenters. The molecule has 0 aliphatic heterocycles.